The fraction of sp³-hybridized carbons (Fsp3) is 0.276. The standard InChI is InChI=1S/C29H33O2P/c1-20(2)22(5)28(23(6)21(3)4)31-29(30)26-18-13-19-27(26)32(24-14-9-7-10-15-24)25-16-11-8-12-17-25/h7-21,26,28H,5-6H2,1-4H3. The number of carbonyl (C=O) groups is 1. The monoisotopic (exact) mass is 444 g/mol. The molecule has 1 aliphatic carbocycles. The average molecular weight is 445 g/mol. The third-order valence-corrected chi connectivity index (χ3v) is 8.39. The summed E-state index contributed by atoms with van der Waals surface area (Å²) in [6.07, 6.45) is 5.54. The van der Waals surface area contributed by atoms with Gasteiger partial charge in [0.15, 0.2) is 0 Å². The third kappa shape index (κ3) is 5.37. The van der Waals surface area contributed by atoms with Gasteiger partial charge in [-0.25, -0.2) is 0 Å². The van der Waals surface area contributed by atoms with Gasteiger partial charge in [-0.3, -0.25) is 4.79 Å². The number of esters is 1. The zero-order valence-corrected chi connectivity index (χ0v) is 20.4. The van der Waals surface area contributed by atoms with E-state index in [9.17, 15) is 4.79 Å². The summed E-state index contributed by atoms with van der Waals surface area (Å²) < 4.78 is 6.11. The molecule has 0 fully saturated rings. The first-order valence-corrected chi connectivity index (χ1v) is 12.5. The first-order valence-electron chi connectivity index (χ1n) is 11.2. The van der Waals surface area contributed by atoms with Gasteiger partial charge in [-0.2, -0.15) is 0 Å². The van der Waals surface area contributed by atoms with Crippen molar-refractivity contribution in [2.24, 2.45) is 17.8 Å². The van der Waals surface area contributed by atoms with Crippen LogP contribution in [0.15, 0.2) is 109 Å². The number of carbonyl (C=O) groups excluding carboxylic acids is 1. The molecule has 0 saturated carbocycles. The molecule has 0 heterocycles. The summed E-state index contributed by atoms with van der Waals surface area (Å²) in [5, 5.41) is 3.53. The molecule has 166 valence electrons. The number of hydrogen-bond donors (Lipinski definition) is 0. The quantitative estimate of drug-likeness (QED) is 0.250. The predicted octanol–water partition coefficient (Wildman–Crippen LogP) is 6.53. The molecular formula is C29H33O2P. The Morgan fingerprint density at radius 3 is 1.75 bits per heavy atom. The number of rotatable bonds is 9. The van der Waals surface area contributed by atoms with E-state index in [4.69, 9.17) is 4.74 Å². The Balaban J connectivity index is 1.93. The van der Waals surface area contributed by atoms with Crippen molar-refractivity contribution < 1.29 is 9.53 Å². The van der Waals surface area contributed by atoms with E-state index >= 15 is 0 Å². The van der Waals surface area contributed by atoms with E-state index in [2.05, 4.69) is 95.5 Å². The fourth-order valence-corrected chi connectivity index (χ4v) is 6.21. The lowest BCUT2D eigenvalue weighted by Gasteiger charge is -2.29. The number of ether oxygens (including phenoxy) is 1. The topological polar surface area (TPSA) is 26.3 Å². The first kappa shape index (κ1) is 24.0. The summed E-state index contributed by atoms with van der Waals surface area (Å²) in [6, 6.07) is 20.8. The van der Waals surface area contributed by atoms with Crippen LogP contribution in [-0.2, 0) is 9.53 Å². The molecule has 32 heavy (non-hydrogen) atoms. The van der Waals surface area contributed by atoms with Crippen LogP contribution in [-0.4, -0.2) is 12.1 Å². The van der Waals surface area contributed by atoms with E-state index in [0.29, 0.717) is 0 Å². The summed E-state index contributed by atoms with van der Waals surface area (Å²) in [5.74, 6) is -0.256. The van der Waals surface area contributed by atoms with E-state index in [-0.39, 0.29) is 17.8 Å². The molecule has 0 bridgehead atoms. The molecule has 0 N–H and O–H groups in total. The van der Waals surface area contributed by atoms with E-state index in [0.717, 1.165) is 16.5 Å². The van der Waals surface area contributed by atoms with Crippen LogP contribution in [0.4, 0.5) is 0 Å². The van der Waals surface area contributed by atoms with Gasteiger partial charge in [0.2, 0.25) is 0 Å². The predicted molar refractivity (Wildman–Crippen MR) is 138 cm³/mol. The van der Waals surface area contributed by atoms with Gasteiger partial charge in [-0.15, -0.1) is 0 Å². The minimum atomic E-state index is -0.851. The van der Waals surface area contributed by atoms with Gasteiger partial charge in [0.05, 0.1) is 0 Å². The van der Waals surface area contributed by atoms with Crippen molar-refractivity contribution in [1.82, 2.24) is 0 Å². The average Bonchev–Trinajstić information content (AvgIpc) is 3.27. The molecule has 1 aliphatic rings. The van der Waals surface area contributed by atoms with E-state index in [1.807, 2.05) is 24.3 Å². The van der Waals surface area contributed by atoms with Crippen molar-refractivity contribution in [3.8, 4) is 0 Å². The largest absolute Gasteiger partial charge is 0.453 e. The van der Waals surface area contributed by atoms with E-state index < -0.39 is 19.9 Å². The first-order chi connectivity index (χ1) is 15.3. The second-order valence-corrected chi connectivity index (χ2v) is 11.0. The number of benzene rings is 2. The highest BCUT2D eigenvalue weighted by Gasteiger charge is 2.34. The lowest BCUT2D eigenvalue weighted by molar-refractivity contribution is -0.148. The fourth-order valence-electron chi connectivity index (χ4n) is 3.67. The van der Waals surface area contributed by atoms with Crippen LogP contribution < -0.4 is 10.6 Å². The molecular weight excluding hydrogens is 411 g/mol. The van der Waals surface area contributed by atoms with Crippen LogP contribution in [0, 0.1) is 17.8 Å². The van der Waals surface area contributed by atoms with Crippen LogP contribution in [0.2, 0.25) is 0 Å². The van der Waals surface area contributed by atoms with Crippen molar-refractivity contribution in [3.63, 3.8) is 0 Å². The Morgan fingerprint density at radius 2 is 1.31 bits per heavy atom. The molecule has 0 amide bonds. The van der Waals surface area contributed by atoms with E-state index in [1.165, 1.54) is 10.6 Å². The Kier molecular flexibility index (Phi) is 8.04. The van der Waals surface area contributed by atoms with Crippen LogP contribution in [0.5, 0.6) is 0 Å². The van der Waals surface area contributed by atoms with Gasteiger partial charge in [0.1, 0.15) is 12.0 Å². The molecule has 1 unspecified atom stereocenters. The van der Waals surface area contributed by atoms with Crippen molar-refractivity contribution in [1.29, 1.82) is 0 Å². The van der Waals surface area contributed by atoms with Crippen LogP contribution in [0.1, 0.15) is 27.7 Å². The van der Waals surface area contributed by atoms with Crippen molar-refractivity contribution in [2.45, 2.75) is 33.8 Å². The molecule has 1 atom stereocenters. The maximum atomic E-state index is 13.5. The highest BCUT2D eigenvalue weighted by atomic mass is 31.1. The molecule has 2 aromatic carbocycles. The number of allylic oxidation sites excluding steroid dienone is 2. The zero-order chi connectivity index (χ0) is 23.3. The van der Waals surface area contributed by atoms with Gasteiger partial charge in [0, 0.05) is 0 Å². The van der Waals surface area contributed by atoms with Gasteiger partial charge in [-0.1, -0.05) is 120 Å². The maximum absolute atomic E-state index is 13.5. The zero-order valence-electron chi connectivity index (χ0n) is 19.5. The molecule has 0 aromatic heterocycles. The second kappa shape index (κ2) is 10.7. The van der Waals surface area contributed by atoms with Gasteiger partial charge >= 0.3 is 5.97 Å². The summed E-state index contributed by atoms with van der Waals surface area (Å²) in [4.78, 5) is 13.5. The van der Waals surface area contributed by atoms with Crippen LogP contribution in [0.3, 0.4) is 0 Å². The van der Waals surface area contributed by atoms with Crippen molar-refractivity contribution in [3.05, 3.63) is 109 Å². The Morgan fingerprint density at radius 1 is 0.844 bits per heavy atom. The summed E-state index contributed by atoms with van der Waals surface area (Å²) in [5.41, 5.74) is 1.77. The molecule has 2 aromatic rings. The van der Waals surface area contributed by atoms with Crippen LogP contribution in [0.25, 0.3) is 0 Å². The Labute approximate surface area is 194 Å². The summed E-state index contributed by atoms with van der Waals surface area (Å²) in [6.45, 7) is 16.7. The van der Waals surface area contributed by atoms with E-state index in [1.54, 1.807) is 0 Å². The van der Waals surface area contributed by atoms with Crippen molar-refractivity contribution in [2.75, 3.05) is 0 Å². The molecule has 2 nitrogen and oxygen atoms in total. The number of hydrogen-bond acceptors (Lipinski definition) is 2. The summed E-state index contributed by atoms with van der Waals surface area (Å²) in [7, 11) is -0.851. The third-order valence-electron chi connectivity index (χ3n) is 5.82. The minimum absolute atomic E-state index is 0.197. The molecule has 3 heteroatoms. The Hall–Kier alpha value is -2.70. The van der Waals surface area contributed by atoms with Crippen molar-refractivity contribution >= 4 is 24.5 Å². The molecule has 0 spiro atoms. The Bertz CT molecular complexity index is 956. The minimum Gasteiger partial charge on any atom is -0.453 e. The van der Waals surface area contributed by atoms with Gasteiger partial charge in [0.25, 0.3) is 0 Å². The lowest BCUT2D eigenvalue weighted by atomic mass is 9.89. The highest BCUT2D eigenvalue weighted by molar-refractivity contribution is 7.76. The lowest BCUT2D eigenvalue weighted by Crippen LogP contribution is -2.30. The normalized spacial score (nSPS) is 15.5. The molecule has 3 rings (SSSR count). The molecule has 0 saturated heterocycles. The SMILES string of the molecule is C=C(C(C)C)C(OC(=O)C1C=CC=C1P(c1ccccc1)c1ccccc1)C(=C)C(C)C. The maximum Gasteiger partial charge on any atom is 0.318 e. The molecule has 0 aliphatic heterocycles. The summed E-state index contributed by atoms with van der Waals surface area (Å²) >= 11 is 0. The van der Waals surface area contributed by atoms with Gasteiger partial charge < -0.3 is 4.74 Å². The smallest absolute Gasteiger partial charge is 0.318 e. The van der Waals surface area contributed by atoms with Gasteiger partial charge in [-0.05, 0) is 46.8 Å². The highest BCUT2D eigenvalue weighted by Crippen LogP contribution is 2.49. The second-order valence-electron chi connectivity index (χ2n) is 8.74. The molecule has 0 radical (unpaired) electrons. The van der Waals surface area contributed by atoms with Crippen LogP contribution >= 0.6 is 7.92 Å².